The van der Waals surface area contributed by atoms with Crippen LogP contribution in [0.15, 0.2) is 53.0 Å². The maximum atomic E-state index is 12.5. The maximum Gasteiger partial charge on any atom is 0.256 e. The van der Waals surface area contributed by atoms with Gasteiger partial charge in [-0.1, -0.05) is 24.3 Å². The average molecular weight is 403 g/mol. The number of rotatable bonds is 5. The molecule has 25 heavy (non-hydrogen) atoms. The Kier molecular flexibility index (Phi) is 5.83. The minimum absolute atomic E-state index is 0.0750. The number of hydrogen-bond acceptors (Lipinski definition) is 3. The molecule has 1 saturated heterocycles. The van der Waals surface area contributed by atoms with Crippen molar-refractivity contribution in [2.45, 2.75) is 18.9 Å². The summed E-state index contributed by atoms with van der Waals surface area (Å²) in [6, 6.07) is 14.1. The summed E-state index contributed by atoms with van der Waals surface area (Å²) in [4.78, 5) is 25.0. The van der Waals surface area contributed by atoms with Crippen LogP contribution < -0.4 is 10.6 Å². The van der Waals surface area contributed by atoms with Crippen molar-refractivity contribution in [1.29, 1.82) is 0 Å². The summed E-state index contributed by atoms with van der Waals surface area (Å²) < 4.78 is 6.22. The van der Waals surface area contributed by atoms with Crippen molar-refractivity contribution in [3.63, 3.8) is 0 Å². The van der Waals surface area contributed by atoms with Crippen LogP contribution in [0, 0.1) is 0 Å². The van der Waals surface area contributed by atoms with Gasteiger partial charge in [-0.2, -0.15) is 0 Å². The number of halogens is 1. The molecule has 0 bridgehead atoms. The van der Waals surface area contributed by atoms with E-state index in [1.54, 1.807) is 42.5 Å². The van der Waals surface area contributed by atoms with Crippen LogP contribution in [0.5, 0.6) is 0 Å². The van der Waals surface area contributed by atoms with Gasteiger partial charge in [-0.25, -0.2) is 0 Å². The van der Waals surface area contributed by atoms with Gasteiger partial charge in [-0.3, -0.25) is 9.59 Å². The summed E-state index contributed by atoms with van der Waals surface area (Å²) in [5.41, 5.74) is 1.42. The molecule has 2 aromatic carbocycles. The molecule has 2 N–H and O–H groups in total. The fourth-order valence-corrected chi connectivity index (χ4v) is 3.20. The second kappa shape index (κ2) is 8.27. The third kappa shape index (κ3) is 4.46. The Morgan fingerprint density at radius 1 is 1.04 bits per heavy atom. The fourth-order valence-electron chi connectivity index (χ4n) is 2.73. The van der Waals surface area contributed by atoms with Gasteiger partial charge in [-0.05, 0) is 53.0 Å². The van der Waals surface area contributed by atoms with Crippen molar-refractivity contribution >= 4 is 33.4 Å². The minimum Gasteiger partial charge on any atom is -0.376 e. The molecule has 6 heteroatoms. The highest BCUT2D eigenvalue weighted by atomic mass is 79.9. The van der Waals surface area contributed by atoms with Crippen LogP contribution in [0.4, 0.5) is 5.69 Å². The molecule has 0 spiro atoms. The van der Waals surface area contributed by atoms with Crippen molar-refractivity contribution < 1.29 is 14.3 Å². The fraction of sp³-hybridized carbons (Fsp3) is 0.263. The molecule has 1 atom stereocenters. The molecule has 2 amide bonds. The van der Waals surface area contributed by atoms with Crippen LogP contribution in [0.3, 0.4) is 0 Å². The number of nitrogens with one attached hydrogen (secondary N) is 2. The molecule has 1 aliphatic heterocycles. The molecule has 0 aromatic heterocycles. The summed E-state index contributed by atoms with van der Waals surface area (Å²) in [6.07, 6.45) is 2.06. The van der Waals surface area contributed by atoms with Gasteiger partial charge in [0.2, 0.25) is 0 Å². The van der Waals surface area contributed by atoms with E-state index in [9.17, 15) is 9.59 Å². The summed E-state index contributed by atoms with van der Waals surface area (Å²) in [5, 5.41) is 5.70. The highest BCUT2D eigenvalue weighted by Crippen LogP contribution is 2.20. The molecule has 0 aliphatic carbocycles. The van der Waals surface area contributed by atoms with E-state index in [1.807, 2.05) is 6.07 Å². The topological polar surface area (TPSA) is 67.4 Å². The van der Waals surface area contributed by atoms with E-state index in [-0.39, 0.29) is 17.9 Å². The number of para-hydroxylation sites is 1. The first-order chi connectivity index (χ1) is 12.1. The summed E-state index contributed by atoms with van der Waals surface area (Å²) in [5.74, 6) is -0.495. The zero-order valence-corrected chi connectivity index (χ0v) is 15.2. The van der Waals surface area contributed by atoms with Gasteiger partial charge < -0.3 is 15.4 Å². The van der Waals surface area contributed by atoms with Gasteiger partial charge >= 0.3 is 0 Å². The molecule has 1 heterocycles. The first-order valence-corrected chi connectivity index (χ1v) is 8.99. The molecule has 2 aromatic rings. The Hall–Kier alpha value is -2.18. The van der Waals surface area contributed by atoms with E-state index in [1.165, 1.54) is 0 Å². The Bertz CT molecular complexity index is 773. The lowest BCUT2D eigenvalue weighted by Crippen LogP contribution is -2.32. The average Bonchev–Trinajstić information content (AvgIpc) is 3.14. The van der Waals surface area contributed by atoms with E-state index in [0.29, 0.717) is 27.8 Å². The van der Waals surface area contributed by atoms with Crippen molar-refractivity contribution in [2.24, 2.45) is 0 Å². The predicted octanol–water partition coefficient (Wildman–Crippen LogP) is 3.61. The molecule has 5 nitrogen and oxygen atoms in total. The largest absolute Gasteiger partial charge is 0.376 e. The molecule has 1 fully saturated rings. The first-order valence-electron chi connectivity index (χ1n) is 8.20. The summed E-state index contributed by atoms with van der Waals surface area (Å²) >= 11 is 3.37. The van der Waals surface area contributed by atoms with Gasteiger partial charge in [0.25, 0.3) is 11.8 Å². The molecule has 1 unspecified atom stereocenters. The van der Waals surface area contributed by atoms with E-state index < -0.39 is 0 Å². The van der Waals surface area contributed by atoms with Crippen LogP contribution in [0.2, 0.25) is 0 Å². The second-order valence-electron chi connectivity index (χ2n) is 5.82. The van der Waals surface area contributed by atoms with Crippen LogP contribution in [0.25, 0.3) is 0 Å². The molecule has 0 radical (unpaired) electrons. The Morgan fingerprint density at radius 2 is 1.76 bits per heavy atom. The van der Waals surface area contributed by atoms with Crippen LogP contribution in [0.1, 0.15) is 33.6 Å². The van der Waals surface area contributed by atoms with E-state index in [0.717, 1.165) is 19.4 Å². The zero-order valence-electron chi connectivity index (χ0n) is 13.6. The Labute approximate surface area is 154 Å². The van der Waals surface area contributed by atoms with Crippen LogP contribution >= 0.6 is 15.9 Å². The summed E-state index contributed by atoms with van der Waals surface area (Å²) in [7, 11) is 0. The second-order valence-corrected chi connectivity index (χ2v) is 6.68. The van der Waals surface area contributed by atoms with Crippen molar-refractivity contribution in [2.75, 3.05) is 18.5 Å². The smallest absolute Gasteiger partial charge is 0.256 e. The minimum atomic E-state index is -0.271. The monoisotopic (exact) mass is 402 g/mol. The number of hydrogen-bond donors (Lipinski definition) is 2. The molecular formula is C19H19BrN2O3. The summed E-state index contributed by atoms with van der Waals surface area (Å²) in [6.45, 7) is 1.23. The Balaban J connectivity index is 1.71. The third-order valence-corrected chi connectivity index (χ3v) is 4.74. The van der Waals surface area contributed by atoms with Gasteiger partial charge in [0.1, 0.15) is 0 Å². The zero-order chi connectivity index (χ0) is 17.6. The van der Waals surface area contributed by atoms with Crippen molar-refractivity contribution in [3.8, 4) is 0 Å². The SMILES string of the molecule is O=C(Nc1ccccc1C(=O)NCC1CCCO1)c1ccccc1Br. The quantitative estimate of drug-likeness (QED) is 0.802. The van der Waals surface area contributed by atoms with E-state index in [2.05, 4.69) is 26.6 Å². The van der Waals surface area contributed by atoms with Crippen molar-refractivity contribution in [1.82, 2.24) is 5.32 Å². The lowest BCUT2D eigenvalue weighted by molar-refractivity contribution is 0.0858. The van der Waals surface area contributed by atoms with Crippen LogP contribution in [-0.2, 0) is 4.74 Å². The number of benzene rings is 2. The van der Waals surface area contributed by atoms with E-state index in [4.69, 9.17) is 4.74 Å². The predicted molar refractivity (Wildman–Crippen MR) is 99.8 cm³/mol. The van der Waals surface area contributed by atoms with Gasteiger partial charge in [0.05, 0.1) is 22.9 Å². The molecule has 3 rings (SSSR count). The lowest BCUT2D eigenvalue weighted by Gasteiger charge is -2.14. The number of anilines is 1. The Morgan fingerprint density at radius 3 is 2.48 bits per heavy atom. The maximum absolute atomic E-state index is 12.5. The van der Waals surface area contributed by atoms with Gasteiger partial charge in [0, 0.05) is 17.6 Å². The van der Waals surface area contributed by atoms with Crippen LogP contribution in [-0.4, -0.2) is 31.1 Å². The molecule has 0 saturated carbocycles. The highest BCUT2D eigenvalue weighted by molar-refractivity contribution is 9.10. The lowest BCUT2D eigenvalue weighted by atomic mass is 10.1. The van der Waals surface area contributed by atoms with E-state index >= 15 is 0 Å². The molecule has 130 valence electrons. The number of amides is 2. The first kappa shape index (κ1) is 17.6. The number of carbonyl (C=O) groups excluding carboxylic acids is 2. The standard InChI is InChI=1S/C19H19BrN2O3/c20-16-9-3-1-7-14(16)19(24)22-17-10-4-2-8-15(17)18(23)21-12-13-6-5-11-25-13/h1-4,7-10,13H,5-6,11-12H2,(H,21,23)(H,22,24). The normalized spacial score (nSPS) is 16.4. The third-order valence-electron chi connectivity index (χ3n) is 4.05. The van der Waals surface area contributed by atoms with Gasteiger partial charge in [0.15, 0.2) is 0 Å². The van der Waals surface area contributed by atoms with Gasteiger partial charge in [-0.15, -0.1) is 0 Å². The molecular weight excluding hydrogens is 384 g/mol. The number of ether oxygens (including phenoxy) is 1. The highest BCUT2D eigenvalue weighted by Gasteiger charge is 2.19. The van der Waals surface area contributed by atoms with Crippen molar-refractivity contribution in [3.05, 3.63) is 64.1 Å². The number of carbonyl (C=O) groups is 2. The molecule has 1 aliphatic rings.